The third-order valence-corrected chi connectivity index (χ3v) is 3.45. The SMILES string of the molecule is N=C(N)c1ccc(CCCCC(O)CCCC(=O)O)cc1. The number of nitrogen functional groups attached to an aromatic ring is 1. The molecule has 0 radical (unpaired) electrons. The van der Waals surface area contributed by atoms with Gasteiger partial charge >= 0.3 is 5.97 Å². The Bertz CT molecular complexity index is 457. The van der Waals surface area contributed by atoms with Gasteiger partial charge in [-0.15, -0.1) is 0 Å². The Morgan fingerprint density at radius 2 is 1.76 bits per heavy atom. The molecule has 1 unspecified atom stereocenters. The number of aryl methyl sites for hydroxylation is 1. The maximum atomic E-state index is 10.4. The molecular formula is C16H24N2O3. The molecule has 0 aromatic heterocycles. The molecular weight excluding hydrogens is 268 g/mol. The molecule has 1 rings (SSSR count). The van der Waals surface area contributed by atoms with Crippen LogP contribution in [0.2, 0.25) is 0 Å². The minimum atomic E-state index is -0.809. The highest BCUT2D eigenvalue weighted by molar-refractivity contribution is 5.94. The predicted molar refractivity (Wildman–Crippen MR) is 82.5 cm³/mol. The van der Waals surface area contributed by atoms with Crippen LogP contribution in [0.15, 0.2) is 24.3 Å². The van der Waals surface area contributed by atoms with E-state index >= 15 is 0 Å². The Morgan fingerprint density at radius 3 is 2.33 bits per heavy atom. The number of amidine groups is 1. The minimum Gasteiger partial charge on any atom is -0.481 e. The van der Waals surface area contributed by atoms with Crippen LogP contribution in [-0.4, -0.2) is 28.1 Å². The molecule has 0 saturated heterocycles. The average Bonchev–Trinajstić information content (AvgIpc) is 2.43. The second-order valence-electron chi connectivity index (χ2n) is 5.30. The molecule has 1 aromatic carbocycles. The van der Waals surface area contributed by atoms with E-state index in [9.17, 15) is 9.90 Å². The Hall–Kier alpha value is -1.88. The molecule has 0 fully saturated rings. The van der Waals surface area contributed by atoms with Crippen molar-refractivity contribution < 1.29 is 15.0 Å². The monoisotopic (exact) mass is 292 g/mol. The second-order valence-corrected chi connectivity index (χ2v) is 5.30. The number of unbranched alkanes of at least 4 members (excludes halogenated alkanes) is 1. The Balaban J connectivity index is 2.15. The van der Waals surface area contributed by atoms with Crippen LogP contribution in [0.4, 0.5) is 0 Å². The summed E-state index contributed by atoms with van der Waals surface area (Å²) in [6.45, 7) is 0. The van der Waals surface area contributed by atoms with Crippen molar-refractivity contribution in [3.8, 4) is 0 Å². The fourth-order valence-electron chi connectivity index (χ4n) is 2.19. The fraction of sp³-hybridized carbons (Fsp3) is 0.500. The van der Waals surface area contributed by atoms with E-state index in [2.05, 4.69) is 0 Å². The number of hydrogen-bond acceptors (Lipinski definition) is 3. The molecule has 0 aliphatic carbocycles. The van der Waals surface area contributed by atoms with Crippen LogP contribution in [0.25, 0.3) is 0 Å². The second kappa shape index (κ2) is 9.13. The first-order valence-electron chi connectivity index (χ1n) is 7.32. The van der Waals surface area contributed by atoms with Gasteiger partial charge in [-0.25, -0.2) is 0 Å². The zero-order chi connectivity index (χ0) is 15.7. The van der Waals surface area contributed by atoms with E-state index in [0.717, 1.165) is 24.8 Å². The van der Waals surface area contributed by atoms with Gasteiger partial charge in [0, 0.05) is 12.0 Å². The summed E-state index contributed by atoms with van der Waals surface area (Å²) in [4.78, 5) is 10.4. The van der Waals surface area contributed by atoms with Crippen molar-refractivity contribution in [2.24, 2.45) is 5.73 Å². The van der Waals surface area contributed by atoms with E-state index in [0.29, 0.717) is 19.3 Å². The van der Waals surface area contributed by atoms with Gasteiger partial charge in [-0.2, -0.15) is 0 Å². The highest BCUT2D eigenvalue weighted by Gasteiger charge is 2.06. The number of benzene rings is 1. The number of nitrogens with two attached hydrogens (primary N) is 1. The van der Waals surface area contributed by atoms with Gasteiger partial charge in [-0.3, -0.25) is 10.2 Å². The molecule has 5 nitrogen and oxygen atoms in total. The summed E-state index contributed by atoms with van der Waals surface area (Å²) in [6, 6.07) is 7.64. The van der Waals surface area contributed by atoms with E-state index in [1.165, 1.54) is 5.56 Å². The number of hydrogen-bond donors (Lipinski definition) is 4. The number of aliphatic hydroxyl groups is 1. The lowest BCUT2D eigenvalue weighted by molar-refractivity contribution is -0.137. The average molecular weight is 292 g/mol. The molecule has 21 heavy (non-hydrogen) atoms. The molecule has 0 saturated carbocycles. The van der Waals surface area contributed by atoms with Crippen LogP contribution in [-0.2, 0) is 11.2 Å². The van der Waals surface area contributed by atoms with Crippen LogP contribution in [0.5, 0.6) is 0 Å². The molecule has 0 heterocycles. The summed E-state index contributed by atoms with van der Waals surface area (Å²) >= 11 is 0. The lowest BCUT2D eigenvalue weighted by Gasteiger charge is -2.09. The third kappa shape index (κ3) is 7.46. The van der Waals surface area contributed by atoms with E-state index in [4.69, 9.17) is 16.2 Å². The lowest BCUT2D eigenvalue weighted by atomic mass is 10.0. The minimum absolute atomic E-state index is 0.0750. The van der Waals surface area contributed by atoms with Gasteiger partial charge in [0.15, 0.2) is 0 Å². The van der Waals surface area contributed by atoms with Crippen molar-refractivity contribution in [2.75, 3.05) is 0 Å². The van der Waals surface area contributed by atoms with Crippen molar-refractivity contribution in [3.05, 3.63) is 35.4 Å². The van der Waals surface area contributed by atoms with Gasteiger partial charge in [0.25, 0.3) is 0 Å². The van der Waals surface area contributed by atoms with E-state index in [-0.39, 0.29) is 12.3 Å². The molecule has 0 aliphatic heterocycles. The summed E-state index contributed by atoms with van der Waals surface area (Å²) < 4.78 is 0. The number of rotatable bonds is 10. The maximum absolute atomic E-state index is 10.4. The van der Waals surface area contributed by atoms with Crippen molar-refractivity contribution in [2.45, 2.75) is 51.0 Å². The van der Waals surface area contributed by atoms with E-state index < -0.39 is 12.1 Å². The standard InChI is InChI=1S/C16H24N2O3/c17-16(18)13-10-8-12(9-11-13)4-1-2-5-14(19)6-3-7-15(20)21/h8-11,14,19H,1-7H2,(H3,17,18)(H,20,21). The summed E-state index contributed by atoms with van der Waals surface area (Å²) in [5.74, 6) is -0.734. The summed E-state index contributed by atoms with van der Waals surface area (Å²) in [7, 11) is 0. The van der Waals surface area contributed by atoms with Gasteiger partial charge in [0.05, 0.1) is 6.10 Å². The summed E-state index contributed by atoms with van der Waals surface area (Å²) in [6.07, 6.45) is 4.36. The number of nitrogens with one attached hydrogen (secondary N) is 1. The molecule has 1 aromatic rings. The molecule has 116 valence electrons. The molecule has 0 bridgehead atoms. The molecule has 0 amide bonds. The van der Waals surface area contributed by atoms with Gasteiger partial charge in [0.1, 0.15) is 5.84 Å². The number of aliphatic carboxylic acids is 1. The highest BCUT2D eigenvalue weighted by atomic mass is 16.4. The van der Waals surface area contributed by atoms with Crippen LogP contribution < -0.4 is 5.73 Å². The number of aliphatic hydroxyl groups excluding tert-OH is 1. The first kappa shape index (κ1) is 17.2. The van der Waals surface area contributed by atoms with Crippen LogP contribution in [0, 0.1) is 5.41 Å². The van der Waals surface area contributed by atoms with Gasteiger partial charge in [-0.05, 0) is 37.7 Å². The van der Waals surface area contributed by atoms with Crippen molar-refractivity contribution >= 4 is 11.8 Å². The first-order valence-corrected chi connectivity index (χ1v) is 7.32. The van der Waals surface area contributed by atoms with Crippen molar-refractivity contribution in [1.82, 2.24) is 0 Å². The number of carbonyl (C=O) groups is 1. The van der Waals surface area contributed by atoms with Gasteiger partial charge < -0.3 is 15.9 Å². The Kier molecular flexibility index (Phi) is 7.46. The maximum Gasteiger partial charge on any atom is 0.303 e. The molecule has 5 heteroatoms. The summed E-state index contributed by atoms with van der Waals surface area (Å²) in [5, 5.41) is 25.6. The van der Waals surface area contributed by atoms with E-state index in [1.54, 1.807) is 0 Å². The highest BCUT2D eigenvalue weighted by Crippen LogP contribution is 2.12. The van der Waals surface area contributed by atoms with Crippen LogP contribution in [0.1, 0.15) is 49.7 Å². The topological polar surface area (TPSA) is 107 Å². The lowest BCUT2D eigenvalue weighted by Crippen LogP contribution is -2.10. The molecule has 0 spiro atoms. The molecule has 5 N–H and O–H groups in total. The van der Waals surface area contributed by atoms with E-state index in [1.807, 2.05) is 24.3 Å². The smallest absolute Gasteiger partial charge is 0.303 e. The zero-order valence-electron chi connectivity index (χ0n) is 12.2. The Labute approximate surface area is 125 Å². The molecule has 0 aliphatic rings. The van der Waals surface area contributed by atoms with Crippen LogP contribution >= 0.6 is 0 Å². The predicted octanol–water partition coefficient (Wildman–Crippen LogP) is 2.30. The van der Waals surface area contributed by atoms with Gasteiger partial charge in [0.2, 0.25) is 0 Å². The zero-order valence-corrected chi connectivity index (χ0v) is 12.2. The third-order valence-electron chi connectivity index (χ3n) is 3.45. The fourth-order valence-corrected chi connectivity index (χ4v) is 2.19. The summed E-state index contributed by atoms with van der Waals surface area (Å²) in [5.41, 5.74) is 7.32. The Morgan fingerprint density at radius 1 is 1.14 bits per heavy atom. The first-order chi connectivity index (χ1) is 9.99. The van der Waals surface area contributed by atoms with Gasteiger partial charge in [-0.1, -0.05) is 30.7 Å². The van der Waals surface area contributed by atoms with Crippen molar-refractivity contribution in [3.63, 3.8) is 0 Å². The van der Waals surface area contributed by atoms with Crippen molar-refractivity contribution in [1.29, 1.82) is 5.41 Å². The number of carboxylic acid groups (broad SMARTS) is 1. The largest absolute Gasteiger partial charge is 0.481 e. The number of carboxylic acids is 1. The normalized spacial score (nSPS) is 12.0. The molecule has 1 atom stereocenters. The quantitative estimate of drug-likeness (QED) is 0.301. The van der Waals surface area contributed by atoms with Crippen LogP contribution in [0.3, 0.4) is 0 Å².